The molecule has 3 aromatic rings. The molecule has 25 heavy (non-hydrogen) atoms. The molecule has 124 valence electrons. The Morgan fingerprint density at radius 1 is 1.04 bits per heavy atom. The second kappa shape index (κ2) is 7.08. The zero-order valence-electron chi connectivity index (χ0n) is 13.7. The van der Waals surface area contributed by atoms with E-state index >= 15 is 0 Å². The van der Waals surface area contributed by atoms with Crippen LogP contribution in [0.4, 0.5) is 0 Å². The van der Waals surface area contributed by atoms with Gasteiger partial charge in [-0.1, -0.05) is 23.7 Å². The van der Waals surface area contributed by atoms with Gasteiger partial charge in [0.05, 0.1) is 5.71 Å². The second-order valence-corrected chi connectivity index (χ2v) is 6.39. The van der Waals surface area contributed by atoms with Crippen LogP contribution in [0.1, 0.15) is 24.2 Å². The number of nitrogens with zero attached hydrogens (tertiary/aromatic N) is 2. The molecule has 3 heterocycles. The lowest BCUT2D eigenvalue weighted by Crippen LogP contribution is -2.11. The van der Waals surface area contributed by atoms with Crippen molar-refractivity contribution < 1.29 is 4.42 Å². The SMILES string of the molecule is Clc1cccc(-c2ccc(/C=C3/CCCN=C3c3cccnc3)o2)c1. The molecule has 0 saturated carbocycles. The van der Waals surface area contributed by atoms with Crippen molar-refractivity contribution in [3.8, 4) is 11.3 Å². The second-order valence-electron chi connectivity index (χ2n) is 5.96. The van der Waals surface area contributed by atoms with Crippen LogP contribution < -0.4 is 0 Å². The van der Waals surface area contributed by atoms with Crippen molar-refractivity contribution in [3.05, 3.63) is 82.8 Å². The van der Waals surface area contributed by atoms with E-state index in [1.165, 1.54) is 5.57 Å². The molecule has 0 N–H and O–H groups in total. The van der Waals surface area contributed by atoms with E-state index in [-0.39, 0.29) is 0 Å². The van der Waals surface area contributed by atoms with Crippen LogP contribution in [0, 0.1) is 0 Å². The number of hydrogen-bond acceptors (Lipinski definition) is 3. The third-order valence-electron chi connectivity index (χ3n) is 4.17. The van der Waals surface area contributed by atoms with Gasteiger partial charge in [0, 0.05) is 35.1 Å². The van der Waals surface area contributed by atoms with Gasteiger partial charge in [-0.15, -0.1) is 0 Å². The van der Waals surface area contributed by atoms with Crippen molar-refractivity contribution in [3.63, 3.8) is 0 Å². The third kappa shape index (κ3) is 3.57. The molecule has 0 amide bonds. The van der Waals surface area contributed by atoms with Crippen LogP contribution in [0.5, 0.6) is 0 Å². The van der Waals surface area contributed by atoms with Crippen LogP contribution in [0.25, 0.3) is 17.4 Å². The van der Waals surface area contributed by atoms with Gasteiger partial charge in [-0.3, -0.25) is 9.98 Å². The van der Waals surface area contributed by atoms with E-state index < -0.39 is 0 Å². The minimum atomic E-state index is 0.701. The number of furan rings is 1. The van der Waals surface area contributed by atoms with E-state index in [0.717, 1.165) is 47.7 Å². The van der Waals surface area contributed by atoms with Crippen LogP contribution >= 0.6 is 11.6 Å². The lowest BCUT2D eigenvalue weighted by Gasteiger charge is -2.15. The van der Waals surface area contributed by atoms with Gasteiger partial charge < -0.3 is 4.42 Å². The molecule has 0 saturated heterocycles. The number of pyridine rings is 1. The zero-order valence-corrected chi connectivity index (χ0v) is 14.4. The summed E-state index contributed by atoms with van der Waals surface area (Å²) in [5.74, 6) is 1.63. The van der Waals surface area contributed by atoms with E-state index in [0.29, 0.717) is 5.02 Å². The van der Waals surface area contributed by atoms with Crippen LogP contribution in [0.3, 0.4) is 0 Å². The third-order valence-corrected chi connectivity index (χ3v) is 4.40. The van der Waals surface area contributed by atoms with Crippen LogP contribution in [-0.2, 0) is 0 Å². The highest BCUT2D eigenvalue weighted by Gasteiger charge is 2.15. The van der Waals surface area contributed by atoms with Crippen molar-refractivity contribution in [1.82, 2.24) is 4.98 Å². The van der Waals surface area contributed by atoms with Gasteiger partial charge in [-0.2, -0.15) is 0 Å². The predicted molar refractivity (Wildman–Crippen MR) is 102 cm³/mol. The maximum Gasteiger partial charge on any atom is 0.134 e. The highest BCUT2D eigenvalue weighted by Crippen LogP contribution is 2.27. The molecule has 4 rings (SSSR count). The number of benzene rings is 1. The fourth-order valence-corrected chi connectivity index (χ4v) is 3.19. The lowest BCUT2D eigenvalue weighted by molar-refractivity contribution is 0.571. The van der Waals surface area contributed by atoms with Gasteiger partial charge in [0.15, 0.2) is 0 Å². The van der Waals surface area contributed by atoms with E-state index in [4.69, 9.17) is 21.0 Å². The van der Waals surface area contributed by atoms with Crippen molar-refractivity contribution in [1.29, 1.82) is 0 Å². The minimum Gasteiger partial charge on any atom is -0.457 e. The lowest BCUT2D eigenvalue weighted by atomic mass is 9.96. The Balaban J connectivity index is 1.66. The first-order valence-corrected chi connectivity index (χ1v) is 8.69. The van der Waals surface area contributed by atoms with Crippen LogP contribution in [0.2, 0.25) is 5.02 Å². The Morgan fingerprint density at radius 3 is 2.80 bits per heavy atom. The van der Waals surface area contributed by atoms with Gasteiger partial charge in [-0.05, 0) is 60.9 Å². The molecule has 1 aliphatic heterocycles. The highest BCUT2D eigenvalue weighted by atomic mass is 35.5. The minimum absolute atomic E-state index is 0.701. The Hall–Kier alpha value is -2.65. The Bertz CT molecular complexity index is 941. The molecular formula is C21H17ClN2O. The summed E-state index contributed by atoms with van der Waals surface area (Å²) in [6, 6.07) is 15.6. The molecular weight excluding hydrogens is 332 g/mol. The summed E-state index contributed by atoms with van der Waals surface area (Å²) < 4.78 is 6.01. The first-order chi connectivity index (χ1) is 12.3. The van der Waals surface area contributed by atoms with E-state index in [1.54, 1.807) is 6.20 Å². The smallest absolute Gasteiger partial charge is 0.134 e. The van der Waals surface area contributed by atoms with Crippen molar-refractivity contribution in [2.45, 2.75) is 12.8 Å². The van der Waals surface area contributed by atoms with Gasteiger partial charge in [0.2, 0.25) is 0 Å². The molecule has 1 aliphatic rings. The number of aliphatic imine (C=N–C) groups is 1. The highest BCUT2D eigenvalue weighted by molar-refractivity contribution is 6.30. The molecule has 0 radical (unpaired) electrons. The van der Waals surface area contributed by atoms with Crippen molar-refractivity contribution in [2.75, 3.05) is 6.54 Å². The monoisotopic (exact) mass is 348 g/mol. The average Bonchev–Trinajstić information content (AvgIpc) is 3.12. The summed E-state index contributed by atoms with van der Waals surface area (Å²) in [6.07, 6.45) is 7.76. The summed E-state index contributed by atoms with van der Waals surface area (Å²) in [5, 5.41) is 0.701. The summed E-state index contributed by atoms with van der Waals surface area (Å²) in [6.45, 7) is 0.855. The van der Waals surface area contributed by atoms with E-state index in [2.05, 4.69) is 11.1 Å². The molecule has 0 fully saturated rings. The predicted octanol–water partition coefficient (Wildman–Crippen LogP) is 5.66. The average molecular weight is 349 g/mol. The van der Waals surface area contributed by atoms with Crippen molar-refractivity contribution in [2.24, 2.45) is 4.99 Å². The van der Waals surface area contributed by atoms with Gasteiger partial charge in [0.1, 0.15) is 11.5 Å². The number of rotatable bonds is 3. The summed E-state index contributed by atoms with van der Waals surface area (Å²) >= 11 is 6.07. The topological polar surface area (TPSA) is 38.4 Å². The number of allylic oxidation sites excluding steroid dienone is 1. The molecule has 0 unspecified atom stereocenters. The van der Waals surface area contributed by atoms with Crippen LogP contribution in [-0.4, -0.2) is 17.2 Å². The number of halogens is 1. The van der Waals surface area contributed by atoms with Gasteiger partial charge in [0.25, 0.3) is 0 Å². The quantitative estimate of drug-likeness (QED) is 0.612. The summed E-state index contributed by atoms with van der Waals surface area (Å²) in [4.78, 5) is 8.91. The molecule has 0 spiro atoms. The molecule has 4 heteroatoms. The Morgan fingerprint density at radius 2 is 1.96 bits per heavy atom. The fourth-order valence-electron chi connectivity index (χ4n) is 3.00. The number of aromatic nitrogens is 1. The molecule has 0 atom stereocenters. The molecule has 0 bridgehead atoms. The molecule has 0 aliphatic carbocycles. The number of hydrogen-bond donors (Lipinski definition) is 0. The first kappa shape index (κ1) is 15.9. The zero-order chi connectivity index (χ0) is 17.1. The molecule has 3 nitrogen and oxygen atoms in total. The van der Waals surface area contributed by atoms with Gasteiger partial charge in [-0.25, -0.2) is 0 Å². The van der Waals surface area contributed by atoms with E-state index in [1.807, 2.05) is 54.7 Å². The molecule has 2 aromatic heterocycles. The molecule has 1 aromatic carbocycles. The largest absolute Gasteiger partial charge is 0.457 e. The summed E-state index contributed by atoms with van der Waals surface area (Å²) in [5.41, 5.74) is 4.23. The Kier molecular flexibility index (Phi) is 4.49. The maximum atomic E-state index is 6.07. The fraction of sp³-hybridized carbons (Fsp3) is 0.143. The van der Waals surface area contributed by atoms with Crippen molar-refractivity contribution >= 4 is 23.4 Å². The van der Waals surface area contributed by atoms with E-state index in [9.17, 15) is 0 Å². The first-order valence-electron chi connectivity index (χ1n) is 8.31. The Labute approximate surface area is 151 Å². The van der Waals surface area contributed by atoms with Gasteiger partial charge >= 0.3 is 0 Å². The normalized spacial score (nSPS) is 16.0. The standard InChI is InChI=1S/C21H17ClN2O/c22-18-7-1-4-15(12-18)20-9-8-19(25-20)13-16-5-3-11-24-21(16)17-6-2-10-23-14-17/h1-2,4,6-10,12-14H,3,5,11H2/b16-13-. The summed E-state index contributed by atoms with van der Waals surface area (Å²) in [7, 11) is 0. The van der Waals surface area contributed by atoms with Crippen LogP contribution in [0.15, 0.2) is 75.9 Å². The maximum absolute atomic E-state index is 6.07.